The van der Waals surface area contributed by atoms with Crippen molar-refractivity contribution in [3.05, 3.63) is 64.7 Å². The number of halogens is 3. The van der Waals surface area contributed by atoms with Gasteiger partial charge in [-0.15, -0.1) is 0 Å². The molecule has 1 unspecified atom stereocenters. The Balaban J connectivity index is 1.47. The Labute approximate surface area is 204 Å². The number of nitriles is 1. The van der Waals surface area contributed by atoms with E-state index in [1.54, 1.807) is 19.2 Å². The molecule has 2 aromatic rings. The van der Waals surface area contributed by atoms with Crippen molar-refractivity contribution in [1.82, 2.24) is 4.90 Å². The van der Waals surface area contributed by atoms with Crippen LogP contribution in [0.3, 0.4) is 0 Å². The fraction of sp³-hybridized carbons (Fsp3) is 0.481. The fourth-order valence-electron chi connectivity index (χ4n) is 5.60. The summed E-state index contributed by atoms with van der Waals surface area (Å²) in [5.74, 6) is 0.278. The molecule has 2 aliphatic heterocycles. The van der Waals surface area contributed by atoms with E-state index in [1.807, 2.05) is 41.0 Å². The molecule has 4 rings (SSSR count). The van der Waals surface area contributed by atoms with E-state index in [0.29, 0.717) is 44.9 Å². The molecule has 0 N–H and O–H groups in total. The maximum atomic E-state index is 13.4. The summed E-state index contributed by atoms with van der Waals surface area (Å²) in [5.41, 5.74) is 1.20. The first kappa shape index (κ1) is 25.1. The Morgan fingerprint density at radius 2 is 1.94 bits per heavy atom. The van der Waals surface area contributed by atoms with Crippen molar-refractivity contribution in [3.63, 3.8) is 0 Å². The standard InChI is InChI=1S/C27H30F3N3O2/c1-19-4-3-5-20(12-19)13-25(34)33-16-22(17-35-2)26(18-33)8-10-32(11-9-26)23-7-6-21(15-31)24(14-23)27(28,29)30/h3-7,12,14,22H,8-11,13,16-18H2,1-2H3. The van der Waals surface area contributed by atoms with Gasteiger partial charge in [0.2, 0.25) is 5.91 Å². The second-order valence-electron chi connectivity index (χ2n) is 9.78. The Morgan fingerprint density at radius 3 is 2.57 bits per heavy atom. The van der Waals surface area contributed by atoms with E-state index in [-0.39, 0.29) is 22.8 Å². The highest BCUT2D eigenvalue weighted by Gasteiger charge is 2.49. The minimum absolute atomic E-state index is 0.0953. The van der Waals surface area contributed by atoms with Crippen LogP contribution in [0.2, 0.25) is 0 Å². The Bertz CT molecular complexity index is 1120. The molecule has 0 aliphatic carbocycles. The van der Waals surface area contributed by atoms with Crippen molar-refractivity contribution in [2.45, 2.75) is 32.4 Å². The summed E-state index contributed by atoms with van der Waals surface area (Å²) in [6.45, 7) is 5.00. The van der Waals surface area contributed by atoms with Crippen LogP contribution >= 0.6 is 0 Å². The first-order chi connectivity index (χ1) is 16.6. The zero-order valence-electron chi connectivity index (χ0n) is 20.1. The topological polar surface area (TPSA) is 56.6 Å². The highest BCUT2D eigenvalue weighted by atomic mass is 19.4. The number of rotatable bonds is 5. The van der Waals surface area contributed by atoms with Crippen LogP contribution in [-0.4, -0.2) is 50.7 Å². The van der Waals surface area contributed by atoms with Crippen LogP contribution in [0.5, 0.6) is 0 Å². The van der Waals surface area contributed by atoms with Crippen LogP contribution in [0.1, 0.15) is 35.1 Å². The summed E-state index contributed by atoms with van der Waals surface area (Å²) < 4.78 is 45.8. The van der Waals surface area contributed by atoms with Crippen molar-refractivity contribution in [3.8, 4) is 6.07 Å². The number of carbonyl (C=O) groups is 1. The van der Waals surface area contributed by atoms with Crippen molar-refractivity contribution in [1.29, 1.82) is 5.26 Å². The summed E-state index contributed by atoms with van der Waals surface area (Å²) in [6.07, 6.45) is -2.70. The SMILES string of the molecule is COCC1CN(C(=O)Cc2cccc(C)c2)CC12CCN(c1ccc(C#N)c(C(F)(F)F)c1)CC2. The Kier molecular flexibility index (Phi) is 7.09. The van der Waals surface area contributed by atoms with E-state index in [2.05, 4.69) is 0 Å². The number of likely N-dealkylation sites (tertiary alicyclic amines) is 1. The molecule has 2 aromatic carbocycles. The van der Waals surface area contributed by atoms with Crippen LogP contribution in [0.15, 0.2) is 42.5 Å². The van der Waals surface area contributed by atoms with Crippen LogP contribution in [-0.2, 0) is 22.1 Å². The number of hydrogen-bond donors (Lipinski definition) is 0. The lowest BCUT2D eigenvalue weighted by Crippen LogP contribution is -2.45. The minimum atomic E-state index is -4.58. The number of amides is 1. The van der Waals surface area contributed by atoms with E-state index in [1.165, 1.54) is 6.07 Å². The molecule has 2 fully saturated rings. The second kappa shape index (κ2) is 9.90. The van der Waals surface area contributed by atoms with Gasteiger partial charge in [-0.3, -0.25) is 4.79 Å². The smallest absolute Gasteiger partial charge is 0.384 e. The molecular formula is C27H30F3N3O2. The zero-order valence-corrected chi connectivity index (χ0v) is 20.1. The molecule has 35 heavy (non-hydrogen) atoms. The molecule has 2 saturated heterocycles. The third kappa shape index (κ3) is 5.30. The molecule has 1 spiro atoms. The monoisotopic (exact) mass is 485 g/mol. The lowest BCUT2D eigenvalue weighted by molar-refractivity contribution is -0.137. The van der Waals surface area contributed by atoms with E-state index in [0.717, 1.165) is 30.0 Å². The predicted molar refractivity (Wildman–Crippen MR) is 127 cm³/mol. The van der Waals surface area contributed by atoms with Crippen LogP contribution in [0.4, 0.5) is 18.9 Å². The van der Waals surface area contributed by atoms with Gasteiger partial charge in [-0.25, -0.2) is 0 Å². The molecule has 5 nitrogen and oxygen atoms in total. The van der Waals surface area contributed by atoms with Gasteiger partial charge in [0, 0.05) is 44.9 Å². The molecule has 186 valence electrons. The Morgan fingerprint density at radius 1 is 1.20 bits per heavy atom. The fourth-order valence-corrected chi connectivity index (χ4v) is 5.60. The first-order valence-corrected chi connectivity index (χ1v) is 11.8. The number of carbonyl (C=O) groups excluding carboxylic acids is 1. The van der Waals surface area contributed by atoms with Crippen LogP contribution in [0.25, 0.3) is 0 Å². The number of alkyl halides is 3. The minimum Gasteiger partial charge on any atom is -0.384 e. The average molecular weight is 486 g/mol. The number of ether oxygens (including phenoxy) is 1. The molecule has 0 radical (unpaired) electrons. The molecule has 1 atom stereocenters. The summed E-state index contributed by atoms with van der Waals surface area (Å²) in [7, 11) is 1.66. The van der Waals surface area contributed by atoms with Gasteiger partial charge in [-0.05, 0) is 48.9 Å². The largest absolute Gasteiger partial charge is 0.417 e. The predicted octanol–water partition coefficient (Wildman–Crippen LogP) is 4.82. The molecule has 8 heteroatoms. The lowest BCUT2D eigenvalue weighted by Gasteiger charge is -2.43. The van der Waals surface area contributed by atoms with Crippen molar-refractivity contribution >= 4 is 11.6 Å². The van der Waals surface area contributed by atoms with Crippen LogP contribution in [0, 0.1) is 29.6 Å². The van der Waals surface area contributed by atoms with Gasteiger partial charge >= 0.3 is 6.18 Å². The van der Waals surface area contributed by atoms with E-state index in [9.17, 15) is 18.0 Å². The third-order valence-electron chi connectivity index (χ3n) is 7.52. The number of anilines is 1. The molecule has 2 heterocycles. The van der Waals surface area contributed by atoms with Gasteiger partial charge in [0.25, 0.3) is 0 Å². The molecular weight excluding hydrogens is 455 g/mol. The van der Waals surface area contributed by atoms with Crippen molar-refractivity contribution in [2.24, 2.45) is 11.3 Å². The number of aryl methyl sites for hydroxylation is 1. The molecule has 0 bridgehead atoms. The number of piperidine rings is 1. The summed E-state index contributed by atoms with van der Waals surface area (Å²) in [4.78, 5) is 17.0. The summed E-state index contributed by atoms with van der Waals surface area (Å²) in [5, 5.41) is 9.07. The summed E-state index contributed by atoms with van der Waals surface area (Å²) >= 11 is 0. The highest BCUT2D eigenvalue weighted by Crippen LogP contribution is 2.46. The normalized spacial score (nSPS) is 19.7. The quantitative estimate of drug-likeness (QED) is 0.610. The third-order valence-corrected chi connectivity index (χ3v) is 7.52. The number of benzene rings is 2. The Hall–Kier alpha value is -3.05. The van der Waals surface area contributed by atoms with E-state index in [4.69, 9.17) is 10.00 Å². The molecule has 0 aromatic heterocycles. The van der Waals surface area contributed by atoms with E-state index >= 15 is 0 Å². The maximum absolute atomic E-state index is 13.4. The van der Waals surface area contributed by atoms with Gasteiger partial charge in [0.1, 0.15) is 0 Å². The van der Waals surface area contributed by atoms with Gasteiger partial charge in [0.15, 0.2) is 0 Å². The van der Waals surface area contributed by atoms with E-state index < -0.39 is 11.7 Å². The zero-order chi connectivity index (χ0) is 25.2. The molecule has 2 aliphatic rings. The maximum Gasteiger partial charge on any atom is 0.417 e. The van der Waals surface area contributed by atoms with Gasteiger partial charge in [0.05, 0.1) is 30.2 Å². The second-order valence-corrected chi connectivity index (χ2v) is 9.78. The average Bonchev–Trinajstić information content (AvgIpc) is 3.16. The van der Waals surface area contributed by atoms with Gasteiger partial charge in [-0.2, -0.15) is 18.4 Å². The van der Waals surface area contributed by atoms with Crippen molar-refractivity contribution in [2.75, 3.05) is 44.8 Å². The molecule has 0 saturated carbocycles. The summed E-state index contributed by atoms with van der Waals surface area (Å²) in [6, 6.07) is 13.5. The molecule has 1 amide bonds. The van der Waals surface area contributed by atoms with Gasteiger partial charge < -0.3 is 14.5 Å². The number of nitrogens with zero attached hydrogens (tertiary/aromatic N) is 3. The highest BCUT2D eigenvalue weighted by molar-refractivity contribution is 5.79. The number of methoxy groups -OCH3 is 1. The first-order valence-electron chi connectivity index (χ1n) is 11.8. The van der Waals surface area contributed by atoms with Gasteiger partial charge in [-0.1, -0.05) is 29.8 Å². The van der Waals surface area contributed by atoms with Crippen LogP contribution < -0.4 is 4.90 Å². The lowest BCUT2D eigenvalue weighted by atomic mass is 9.71. The van der Waals surface area contributed by atoms with Crippen molar-refractivity contribution < 1.29 is 22.7 Å². The number of hydrogen-bond acceptors (Lipinski definition) is 4.